The highest BCUT2D eigenvalue weighted by Gasteiger charge is 2.34. The lowest BCUT2D eigenvalue weighted by atomic mass is 9.98. The summed E-state index contributed by atoms with van der Waals surface area (Å²) in [6.45, 7) is 6.39. The molecule has 0 aromatic carbocycles. The van der Waals surface area contributed by atoms with Gasteiger partial charge in [0.05, 0.1) is 11.0 Å². The van der Waals surface area contributed by atoms with Gasteiger partial charge in [-0.1, -0.05) is 6.92 Å². The molecule has 0 spiro atoms. The van der Waals surface area contributed by atoms with Gasteiger partial charge in [-0.2, -0.15) is 4.31 Å². The second kappa shape index (κ2) is 4.92. The average Bonchev–Trinajstić information content (AvgIpc) is 2.62. The van der Waals surface area contributed by atoms with Gasteiger partial charge in [0.1, 0.15) is 0 Å². The van der Waals surface area contributed by atoms with Crippen LogP contribution in [0.3, 0.4) is 0 Å². The fourth-order valence-electron chi connectivity index (χ4n) is 2.24. The molecule has 2 unspecified atom stereocenters. The third kappa shape index (κ3) is 2.47. The van der Waals surface area contributed by atoms with E-state index in [1.807, 2.05) is 20.8 Å². The summed E-state index contributed by atoms with van der Waals surface area (Å²) in [5.41, 5.74) is 0. The summed E-state index contributed by atoms with van der Waals surface area (Å²) >= 11 is 1.49. The molecule has 1 aliphatic heterocycles. The quantitative estimate of drug-likeness (QED) is 0.902. The van der Waals surface area contributed by atoms with E-state index >= 15 is 0 Å². The number of rotatable bonds is 2. The fourth-order valence-corrected chi connectivity index (χ4v) is 5.24. The van der Waals surface area contributed by atoms with Gasteiger partial charge in [0, 0.05) is 22.8 Å². The molecule has 0 bridgehead atoms. The van der Waals surface area contributed by atoms with Crippen LogP contribution >= 0.6 is 11.3 Å². The fraction of sp³-hybridized carbons (Fsp3) is 0.667. The van der Waals surface area contributed by atoms with Crippen LogP contribution in [0.4, 0.5) is 0 Å². The van der Waals surface area contributed by atoms with E-state index in [1.165, 1.54) is 15.6 Å². The minimum Gasteiger partial charge on any atom is -0.391 e. The molecule has 2 rings (SSSR count). The minimum absolute atomic E-state index is 0.168. The summed E-state index contributed by atoms with van der Waals surface area (Å²) in [7, 11) is -3.44. The van der Waals surface area contributed by atoms with Crippen LogP contribution in [0, 0.1) is 19.8 Å². The van der Waals surface area contributed by atoms with Gasteiger partial charge in [-0.15, -0.1) is 11.3 Å². The topological polar surface area (TPSA) is 57.6 Å². The van der Waals surface area contributed by atoms with E-state index in [-0.39, 0.29) is 12.5 Å². The molecular weight excluding hydrogens is 270 g/mol. The van der Waals surface area contributed by atoms with Crippen LogP contribution < -0.4 is 0 Å². The Morgan fingerprint density at radius 3 is 2.61 bits per heavy atom. The lowest BCUT2D eigenvalue weighted by Crippen LogP contribution is -2.45. The van der Waals surface area contributed by atoms with Crippen molar-refractivity contribution in [1.29, 1.82) is 0 Å². The number of hydrogen-bond acceptors (Lipinski definition) is 4. The van der Waals surface area contributed by atoms with E-state index in [9.17, 15) is 13.5 Å². The standard InChI is InChI=1S/C12H19NO3S2/c1-8-4-5-13(7-11(8)14)18(15,16)12-6-9(2)17-10(12)3/h6,8,11,14H,4-5,7H2,1-3H3. The predicted octanol–water partition coefficient (Wildman–Crippen LogP) is 1.76. The van der Waals surface area contributed by atoms with Gasteiger partial charge < -0.3 is 5.11 Å². The van der Waals surface area contributed by atoms with E-state index in [0.29, 0.717) is 17.9 Å². The van der Waals surface area contributed by atoms with Crippen molar-refractivity contribution < 1.29 is 13.5 Å². The number of hydrogen-bond donors (Lipinski definition) is 1. The molecule has 0 radical (unpaired) electrons. The second-order valence-electron chi connectivity index (χ2n) is 4.97. The minimum atomic E-state index is -3.44. The molecule has 1 N–H and O–H groups in total. The third-order valence-corrected chi connectivity index (χ3v) is 6.58. The molecule has 0 aliphatic carbocycles. The lowest BCUT2D eigenvalue weighted by molar-refractivity contribution is 0.0605. The number of nitrogens with zero attached hydrogens (tertiary/aromatic N) is 1. The summed E-state index contributed by atoms with van der Waals surface area (Å²) in [5.74, 6) is 0.168. The van der Waals surface area contributed by atoms with Crippen LogP contribution in [0.1, 0.15) is 23.1 Å². The van der Waals surface area contributed by atoms with Gasteiger partial charge >= 0.3 is 0 Å². The first kappa shape index (κ1) is 14.0. The van der Waals surface area contributed by atoms with Gasteiger partial charge in [-0.05, 0) is 32.3 Å². The van der Waals surface area contributed by atoms with E-state index in [2.05, 4.69) is 0 Å². The van der Waals surface area contributed by atoms with E-state index < -0.39 is 16.1 Å². The largest absolute Gasteiger partial charge is 0.391 e. The number of aliphatic hydroxyl groups is 1. The van der Waals surface area contributed by atoms with Crippen molar-refractivity contribution in [2.75, 3.05) is 13.1 Å². The monoisotopic (exact) mass is 289 g/mol. The van der Waals surface area contributed by atoms with E-state index in [0.717, 1.165) is 9.75 Å². The first-order valence-electron chi connectivity index (χ1n) is 6.07. The summed E-state index contributed by atoms with van der Waals surface area (Å²) in [4.78, 5) is 2.21. The Balaban J connectivity index is 2.29. The molecule has 1 saturated heterocycles. The molecule has 1 aromatic heterocycles. The number of aliphatic hydroxyl groups excluding tert-OH is 1. The van der Waals surface area contributed by atoms with Crippen molar-refractivity contribution in [2.24, 2.45) is 5.92 Å². The van der Waals surface area contributed by atoms with Crippen LogP contribution in [0.25, 0.3) is 0 Å². The SMILES string of the molecule is Cc1cc(S(=O)(=O)N2CCC(C)C(O)C2)c(C)s1. The maximum atomic E-state index is 12.5. The Morgan fingerprint density at radius 2 is 2.11 bits per heavy atom. The maximum Gasteiger partial charge on any atom is 0.244 e. The Kier molecular flexibility index (Phi) is 3.82. The number of β-amino-alcohol motifs (C(OH)–C–C–N with tert-alkyl or cyclic N) is 1. The summed E-state index contributed by atoms with van der Waals surface area (Å²) < 4.78 is 26.4. The number of piperidine rings is 1. The van der Waals surface area contributed by atoms with Crippen molar-refractivity contribution >= 4 is 21.4 Å². The summed E-state index contributed by atoms with van der Waals surface area (Å²) in [6, 6.07) is 1.72. The average molecular weight is 289 g/mol. The molecule has 4 nitrogen and oxygen atoms in total. The molecule has 1 aromatic rings. The van der Waals surface area contributed by atoms with Gasteiger partial charge in [0.15, 0.2) is 0 Å². The van der Waals surface area contributed by atoms with Crippen molar-refractivity contribution in [3.05, 3.63) is 15.8 Å². The normalized spacial score (nSPS) is 26.4. The van der Waals surface area contributed by atoms with Crippen LogP contribution in [0.15, 0.2) is 11.0 Å². The zero-order chi connectivity index (χ0) is 13.5. The van der Waals surface area contributed by atoms with Crippen LogP contribution in [0.2, 0.25) is 0 Å². The van der Waals surface area contributed by atoms with E-state index in [4.69, 9.17) is 0 Å². The Morgan fingerprint density at radius 1 is 1.44 bits per heavy atom. The van der Waals surface area contributed by atoms with Crippen molar-refractivity contribution in [1.82, 2.24) is 4.31 Å². The number of thiophene rings is 1. The zero-order valence-corrected chi connectivity index (χ0v) is 12.5. The molecule has 18 heavy (non-hydrogen) atoms. The molecule has 0 amide bonds. The van der Waals surface area contributed by atoms with Crippen molar-refractivity contribution in [3.63, 3.8) is 0 Å². The predicted molar refractivity (Wildman–Crippen MR) is 72.3 cm³/mol. The van der Waals surface area contributed by atoms with Crippen molar-refractivity contribution in [2.45, 2.75) is 38.2 Å². The third-order valence-electron chi connectivity index (χ3n) is 3.49. The Labute approximate surface area is 112 Å². The van der Waals surface area contributed by atoms with Gasteiger partial charge in [-0.3, -0.25) is 0 Å². The molecule has 1 aliphatic rings. The Hall–Kier alpha value is -0.430. The highest BCUT2D eigenvalue weighted by molar-refractivity contribution is 7.89. The first-order chi connectivity index (χ1) is 8.32. The zero-order valence-electron chi connectivity index (χ0n) is 10.9. The first-order valence-corrected chi connectivity index (χ1v) is 8.33. The highest BCUT2D eigenvalue weighted by atomic mass is 32.2. The van der Waals surface area contributed by atoms with Gasteiger partial charge in [-0.25, -0.2) is 8.42 Å². The summed E-state index contributed by atoms with van der Waals surface area (Å²) in [5, 5.41) is 9.83. The summed E-state index contributed by atoms with van der Waals surface area (Å²) in [6.07, 6.45) is 0.149. The second-order valence-corrected chi connectivity index (χ2v) is 8.34. The van der Waals surface area contributed by atoms with Gasteiger partial charge in [0.25, 0.3) is 0 Å². The van der Waals surface area contributed by atoms with Gasteiger partial charge in [0.2, 0.25) is 10.0 Å². The molecule has 1 fully saturated rings. The van der Waals surface area contributed by atoms with Crippen LogP contribution in [-0.4, -0.2) is 37.0 Å². The molecule has 2 atom stereocenters. The maximum absolute atomic E-state index is 12.5. The smallest absolute Gasteiger partial charge is 0.244 e. The Bertz CT molecular complexity index is 536. The number of sulfonamides is 1. The molecule has 0 saturated carbocycles. The molecular formula is C12H19NO3S2. The van der Waals surface area contributed by atoms with Crippen LogP contribution in [0.5, 0.6) is 0 Å². The van der Waals surface area contributed by atoms with Crippen LogP contribution in [-0.2, 0) is 10.0 Å². The molecule has 2 heterocycles. The van der Waals surface area contributed by atoms with Crippen molar-refractivity contribution in [3.8, 4) is 0 Å². The molecule has 102 valence electrons. The lowest BCUT2D eigenvalue weighted by Gasteiger charge is -2.33. The van der Waals surface area contributed by atoms with E-state index in [1.54, 1.807) is 6.07 Å². The number of aryl methyl sites for hydroxylation is 2. The molecule has 6 heteroatoms. The highest BCUT2D eigenvalue weighted by Crippen LogP contribution is 2.30.